The first-order valence-corrected chi connectivity index (χ1v) is 9.75. The molecular formula is C18H38O7SiZr. The Morgan fingerprint density at radius 1 is 0.667 bits per heavy atom. The fraction of sp³-hybridized carbons (Fsp3) is 0.667. The van der Waals surface area contributed by atoms with Crippen LogP contribution in [0.3, 0.4) is 0 Å². The first-order valence-electron chi connectivity index (χ1n) is 8.08. The number of phenolic OH excluding ortho intramolecular Hbond substituents is 1. The van der Waals surface area contributed by atoms with Crippen molar-refractivity contribution in [3.05, 3.63) is 30.3 Å². The van der Waals surface area contributed by atoms with Crippen molar-refractivity contribution in [3.63, 3.8) is 0 Å². The van der Waals surface area contributed by atoms with Gasteiger partial charge in [-0.15, -0.1) is 0 Å². The van der Waals surface area contributed by atoms with Crippen LogP contribution in [0, 0.1) is 0 Å². The zero-order valence-corrected chi connectivity index (χ0v) is 21.5. The molecule has 0 saturated carbocycles. The number of para-hydroxylation sites is 1. The van der Waals surface area contributed by atoms with Crippen LogP contribution in [0.2, 0.25) is 0 Å². The van der Waals surface area contributed by atoms with Crippen LogP contribution in [0.25, 0.3) is 0 Å². The van der Waals surface area contributed by atoms with Gasteiger partial charge in [0.1, 0.15) is 5.75 Å². The molecule has 0 fully saturated rings. The molecule has 1 aromatic carbocycles. The summed E-state index contributed by atoms with van der Waals surface area (Å²) in [5.74, 6) is 0.322. The second-order valence-corrected chi connectivity index (χ2v) is 10.2. The number of rotatable bonds is 3. The van der Waals surface area contributed by atoms with Gasteiger partial charge in [-0.05, 0) is 74.4 Å². The van der Waals surface area contributed by atoms with Crippen LogP contribution < -0.4 is 0 Å². The van der Waals surface area contributed by atoms with E-state index in [1.165, 1.54) is 0 Å². The van der Waals surface area contributed by atoms with E-state index in [2.05, 4.69) is 0 Å². The van der Waals surface area contributed by atoms with Gasteiger partial charge in [-0.2, -0.15) is 0 Å². The standard InChI is InChI=1S/C12H28O4Si.C6H6O.2H2O.Zr/c1-10(2,3)14-17(13,15-11(4,5)6)16-12(7,8)9;7-6-4-2-1-3-5-6;;;/h13H,1-9H3;1-5,7H;2*1H2;. The fourth-order valence-corrected chi connectivity index (χ4v) is 4.10. The Bertz CT molecular complexity index is 438. The van der Waals surface area contributed by atoms with Gasteiger partial charge in [-0.1, -0.05) is 18.2 Å². The Labute approximate surface area is 184 Å². The van der Waals surface area contributed by atoms with Crippen molar-refractivity contribution in [2.45, 2.75) is 79.1 Å². The predicted molar refractivity (Wildman–Crippen MR) is 106 cm³/mol. The minimum Gasteiger partial charge on any atom is -0.508 e. The van der Waals surface area contributed by atoms with Gasteiger partial charge < -0.3 is 34.1 Å². The van der Waals surface area contributed by atoms with Crippen LogP contribution in [0.15, 0.2) is 30.3 Å². The summed E-state index contributed by atoms with van der Waals surface area (Å²) in [5.41, 5.74) is -1.55. The van der Waals surface area contributed by atoms with Crippen LogP contribution in [-0.2, 0) is 39.5 Å². The second kappa shape index (κ2) is 13.2. The van der Waals surface area contributed by atoms with E-state index < -0.39 is 25.9 Å². The average Bonchev–Trinajstić information content (AvgIpc) is 2.21. The summed E-state index contributed by atoms with van der Waals surface area (Å²) in [6.45, 7) is 16.8. The maximum absolute atomic E-state index is 10.5. The third-order valence-corrected chi connectivity index (χ3v) is 4.67. The van der Waals surface area contributed by atoms with Gasteiger partial charge in [0, 0.05) is 26.2 Å². The Morgan fingerprint density at radius 3 is 1.07 bits per heavy atom. The zero-order valence-electron chi connectivity index (χ0n) is 18.0. The Hall–Kier alpha value is -0.120. The summed E-state index contributed by atoms with van der Waals surface area (Å²) in [6, 6.07) is 8.71. The minimum absolute atomic E-state index is 0. The number of hydrogen-bond acceptors (Lipinski definition) is 5. The molecule has 1 rings (SSSR count). The Morgan fingerprint density at radius 2 is 0.926 bits per heavy atom. The molecule has 0 spiro atoms. The van der Waals surface area contributed by atoms with Crippen molar-refractivity contribution >= 4 is 9.05 Å². The summed E-state index contributed by atoms with van der Waals surface area (Å²) < 4.78 is 16.9. The third kappa shape index (κ3) is 22.0. The van der Waals surface area contributed by atoms with E-state index in [1.54, 1.807) is 24.3 Å². The predicted octanol–water partition coefficient (Wildman–Crippen LogP) is 2.60. The number of phenols is 1. The van der Waals surface area contributed by atoms with Crippen LogP contribution in [-0.4, -0.2) is 46.7 Å². The third-order valence-electron chi connectivity index (χ3n) is 2.06. The molecule has 0 aliphatic heterocycles. The molecule has 160 valence electrons. The molecule has 0 radical (unpaired) electrons. The van der Waals surface area contributed by atoms with Crippen LogP contribution in [0.4, 0.5) is 0 Å². The van der Waals surface area contributed by atoms with E-state index in [0.717, 1.165) is 0 Å². The van der Waals surface area contributed by atoms with Crippen LogP contribution in [0.1, 0.15) is 62.3 Å². The zero-order chi connectivity index (χ0) is 19.2. The second-order valence-electron chi connectivity index (χ2n) is 8.50. The number of aromatic hydroxyl groups is 1. The Kier molecular flexibility index (Phi) is 16.8. The monoisotopic (exact) mass is 484 g/mol. The van der Waals surface area contributed by atoms with Crippen molar-refractivity contribution < 1.29 is 60.3 Å². The van der Waals surface area contributed by atoms with Gasteiger partial charge in [0.15, 0.2) is 0 Å². The van der Waals surface area contributed by atoms with E-state index in [0.29, 0.717) is 5.75 Å². The number of benzene rings is 1. The SMILES string of the molecule is CC(C)(C)O[Si](O)(OC(C)(C)C)OC(C)(C)C.O.O.Oc1ccccc1.[Zr]. The maximum Gasteiger partial charge on any atom is 0.678 e. The molecule has 0 aromatic heterocycles. The summed E-state index contributed by atoms with van der Waals surface area (Å²) in [4.78, 5) is 10.5. The fourth-order valence-electron chi connectivity index (χ4n) is 1.65. The summed E-state index contributed by atoms with van der Waals surface area (Å²) in [6.07, 6.45) is 0. The van der Waals surface area contributed by atoms with E-state index in [4.69, 9.17) is 18.4 Å². The van der Waals surface area contributed by atoms with Crippen molar-refractivity contribution in [2.24, 2.45) is 0 Å². The van der Waals surface area contributed by atoms with Gasteiger partial charge in [0.05, 0.1) is 16.8 Å². The summed E-state index contributed by atoms with van der Waals surface area (Å²) in [7, 11) is -3.66. The van der Waals surface area contributed by atoms with Gasteiger partial charge in [-0.25, -0.2) is 0 Å². The van der Waals surface area contributed by atoms with Crippen LogP contribution in [0.5, 0.6) is 5.75 Å². The molecule has 0 atom stereocenters. The van der Waals surface area contributed by atoms with Crippen molar-refractivity contribution in [3.8, 4) is 5.75 Å². The topological polar surface area (TPSA) is 131 Å². The maximum atomic E-state index is 10.5. The Balaban J connectivity index is -0.000000224. The molecule has 0 aliphatic rings. The van der Waals surface area contributed by atoms with Gasteiger partial charge in [0.2, 0.25) is 0 Å². The van der Waals surface area contributed by atoms with Crippen molar-refractivity contribution in [1.29, 1.82) is 0 Å². The molecule has 1 aromatic rings. The molecule has 27 heavy (non-hydrogen) atoms. The largest absolute Gasteiger partial charge is 0.678 e. The molecule has 7 nitrogen and oxygen atoms in total. The minimum atomic E-state index is -3.66. The van der Waals surface area contributed by atoms with Gasteiger partial charge in [-0.3, -0.25) is 0 Å². The first kappa shape index (κ1) is 34.4. The average molecular weight is 486 g/mol. The van der Waals surface area contributed by atoms with E-state index in [9.17, 15) is 4.80 Å². The molecule has 0 aliphatic carbocycles. The first-order chi connectivity index (χ1) is 10.5. The van der Waals surface area contributed by atoms with Gasteiger partial charge in [0.25, 0.3) is 0 Å². The molecule has 0 heterocycles. The quantitative estimate of drug-likeness (QED) is 0.635. The number of hydrogen-bond donors (Lipinski definition) is 2. The molecular weight excluding hydrogens is 448 g/mol. The normalized spacial score (nSPS) is 11.8. The molecule has 6 N–H and O–H groups in total. The van der Waals surface area contributed by atoms with E-state index in [1.807, 2.05) is 68.4 Å². The van der Waals surface area contributed by atoms with Gasteiger partial charge >= 0.3 is 9.05 Å². The molecule has 0 unspecified atom stereocenters. The molecule has 0 amide bonds. The van der Waals surface area contributed by atoms with Crippen molar-refractivity contribution in [2.75, 3.05) is 0 Å². The van der Waals surface area contributed by atoms with Crippen molar-refractivity contribution in [1.82, 2.24) is 0 Å². The summed E-state index contributed by atoms with van der Waals surface area (Å²) >= 11 is 0. The molecule has 9 heteroatoms. The van der Waals surface area contributed by atoms with E-state index in [-0.39, 0.29) is 37.2 Å². The molecule has 0 saturated heterocycles. The van der Waals surface area contributed by atoms with E-state index >= 15 is 0 Å². The molecule has 0 bridgehead atoms. The summed E-state index contributed by atoms with van der Waals surface area (Å²) in [5, 5.41) is 8.63. The smallest absolute Gasteiger partial charge is 0.508 e. The van der Waals surface area contributed by atoms with Crippen LogP contribution >= 0.6 is 0 Å².